The van der Waals surface area contributed by atoms with Crippen LogP contribution in [0.15, 0.2) is 0 Å². The number of urea groups is 2. The summed E-state index contributed by atoms with van der Waals surface area (Å²) in [5.41, 5.74) is 5.02. The first-order chi connectivity index (χ1) is 12.8. The second kappa shape index (κ2) is 11.3. The summed E-state index contributed by atoms with van der Waals surface area (Å²) in [6.07, 6.45) is 1.27. The van der Waals surface area contributed by atoms with Crippen molar-refractivity contribution in [1.29, 1.82) is 0 Å². The zero-order chi connectivity index (χ0) is 22.2. The molecular formula is C18H33N5O5. The predicted molar refractivity (Wildman–Crippen MR) is 104 cm³/mol. The van der Waals surface area contributed by atoms with Crippen LogP contribution in [-0.2, 0) is 14.4 Å². The molecule has 0 aliphatic heterocycles. The minimum atomic E-state index is -1.01. The second-order valence-electron chi connectivity index (χ2n) is 7.22. The van der Waals surface area contributed by atoms with E-state index in [1.165, 1.54) is 23.9 Å². The van der Waals surface area contributed by atoms with Crippen LogP contribution < -0.4 is 11.1 Å². The SMILES string of the molecule is CCCC(=O)N(C)[C@H](C)C(=O)N(C)[C@@H](CC(C)C)C(=O)NC(=O)N(C)C(N)=O. The zero-order valence-electron chi connectivity index (χ0n) is 17.8. The van der Waals surface area contributed by atoms with Crippen molar-refractivity contribution in [1.82, 2.24) is 20.0 Å². The van der Waals surface area contributed by atoms with Crippen LogP contribution in [0.25, 0.3) is 0 Å². The van der Waals surface area contributed by atoms with Gasteiger partial charge in [-0.3, -0.25) is 19.7 Å². The molecule has 160 valence electrons. The first-order valence-electron chi connectivity index (χ1n) is 9.25. The smallest absolute Gasteiger partial charge is 0.331 e. The van der Waals surface area contributed by atoms with E-state index in [0.29, 0.717) is 24.2 Å². The minimum absolute atomic E-state index is 0.0460. The van der Waals surface area contributed by atoms with Gasteiger partial charge in [-0.05, 0) is 25.7 Å². The first kappa shape index (κ1) is 25.4. The molecule has 0 unspecified atom stereocenters. The Bertz CT molecular complexity index is 607. The lowest BCUT2D eigenvalue weighted by molar-refractivity contribution is -0.147. The molecule has 10 nitrogen and oxygen atoms in total. The third-order valence-electron chi connectivity index (χ3n) is 4.47. The molecule has 3 N–H and O–H groups in total. The Labute approximate surface area is 166 Å². The number of nitrogens with two attached hydrogens (primary N) is 1. The maximum absolute atomic E-state index is 12.8. The lowest BCUT2D eigenvalue weighted by Crippen LogP contribution is -2.56. The Hall–Kier alpha value is -2.65. The van der Waals surface area contributed by atoms with Gasteiger partial charge in [-0.2, -0.15) is 0 Å². The van der Waals surface area contributed by atoms with E-state index >= 15 is 0 Å². The maximum Gasteiger partial charge on any atom is 0.331 e. The van der Waals surface area contributed by atoms with Gasteiger partial charge in [-0.15, -0.1) is 0 Å². The van der Waals surface area contributed by atoms with E-state index in [9.17, 15) is 24.0 Å². The molecule has 0 heterocycles. The van der Waals surface area contributed by atoms with Crippen LogP contribution in [0.3, 0.4) is 0 Å². The topological polar surface area (TPSA) is 133 Å². The van der Waals surface area contributed by atoms with Crippen LogP contribution in [0.1, 0.15) is 47.0 Å². The van der Waals surface area contributed by atoms with Gasteiger partial charge in [0.1, 0.15) is 12.1 Å². The van der Waals surface area contributed by atoms with E-state index in [1.807, 2.05) is 20.8 Å². The van der Waals surface area contributed by atoms with Gasteiger partial charge in [0.05, 0.1) is 0 Å². The van der Waals surface area contributed by atoms with Crippen LogP contribution in [-0.4, -0.2) is 77.7 Å². The highest BCUT2D eigenvalue weighted by Crippen LogP contribution is 2.14. The molecule has 7 amide bonds. The Morgan fingerprint density at radius 1 is 0.964 bits per heavy atom. The Kier molecular flexibility index (Phi) is 10.2. The molecule has 0 saturated carbocycles. The maximum atomic E-state index is 12.8. The summed E-state index contributed by atoms with van der Waals surface area (Å²) in [5.74, 6) is -1.27. The quantitative estimate of drug-likeness (QED) is 0.621. The van der Waals surface area contributed by atoms with E-state index in [4.69, 9.17) is 5.73 Å². The molecule has 0 aliphatic rings. The van der Waals surface area contributed by atoms with Crippen LogP contribution in [0, 0.1) is 5.92 Å². The van der Waals surface area contributed by atoms with Crippen LogP contribution in [0.2, 0.25) is 0 Å². The molecule has 0 aliphatic carbocycles. The van der Waals surface area contributed by atoms with Gasteiger partial charge in [0, 0.05) is 27.6 Å². The predicted octanol–water partition coefficient (Wildman–Crippen LogP) is 0.753. The molecule has 0 aromatic rings. The zero-order valence-corrected chi connectivity index (χ0v) is 17.8. The second-order valence-corrected chi connectivity index (χ2v) is 7.22. The number of amides is 7. The molecule has 0 aromatic carbocycles. The highest BCUT2D eigenvalue weighted by atomic mass is 16.2. The molecule has 0 fully saturated rings. The van der Waals surface area contributed by atoms with E-state index in [-0.39, 0.29) is 11.8 Å². The molecule has 0 aromatic heterocycles. The summed E-state index contributed by atoms with van der Waals surface area (Å²) in [6.45, 7) is 7.20. The average molecular weight is 399 g/mol. The Morgan fingerprint density at radius 3 is 1.93 bits per heavy atom. The van der Waals surface area contributed by atoms with E-state index in [1.54, 1.807) is 6.92 Å². The lowest BCUT2D eigenvalue weighted by Gasteiger charge is -2.33. The molecule has 28 heavy (non-hydrogen) atoms. The van der Waals surface area contributed by atoms with Crippen molar-refractivity contribution < 1.29 is 24.0 Å². The first-order valence-corrected chi connectivity index (χ1v) is 9.25. The molecule has 0 spiro atoms. The van der Waals surface area contributed by atoms with Crippen molar-refractivity contribution in [2.75, 3.05) is 21.1 Å². The highest BCUT2D eigenvalue weighted by molar-refractivity contribution is 6.03. The van der Waals surface area contributed by atoms with E-state index < -0.39 is 36.0 Å². The monoisotopic (exact) mass is 399 g/mol. The minimum Gasteiger partial charge on any atom is -0.351 e. The van der Waals surface area contributed by atoms with Crippen molar-refractivity contribution in [3.8, 4) is 0 Å². The number of likely N-dealkylation sites (N-methyl/N-ethyl adjacent to an activating group) is 2. The molecule has 0 saturated heterocycles. The third-order valence-corrected chi connectivity index (χ3v) is 4.47. The molecule has 0 rings (SSSR count). The largest absolute Gasteiger partial charge is 0.351 e. The molecule has 10 heteroatoms. The summed E-state index contributed by atoms with van der Waals surface area (Å²) >= 11 is 0. The summed E-state index contributed by atoms with van der Waals surface area (Å²) in [7, 11) is 4.12. The number of primary amides is 1. The fraction of sp³-hybridized carbons (Fsp3) is 0.722. The van der Waals surface area contributed by atoms with E-state index in [0.717, 1.165) is 7.05 Å². The molecular weight excluding hydrogens is 366 g/mol. The molecule has 0 bridgehead atoms. The number of nitrogens with one attached hydrogen (secondary N) is 1. The van der Waals surface area contributed by atoms with Gasteiger partial charge in [0.2, 0.25) is 11.8 Å². The number of imide groups is 2. The number of hydrogen-bond acceptors (Lipinski definition) is 5. The number of carbonyl (C=O) groups excluding carboxylic acids is 5. The van der Waals surface area contributed by atoms with Crippen molar-refractivity contribution in [2.24, 2.45) is 11.7 Å². The van der Waals surface area contributed by atoms with Crippen LogP contribution in [0.5, 0.6) is 0 Å². The fourth-order valence-corrected chi connectivity index (χ4v) is 2.48. The number of rotatable bonds is 8. The van der Waals surface area contributed by atoms with Gasteiger partial charge in [-0.1, -0.05) is 20.8 Å². The van der Waals surface area contributed by atoms with Gasteiger partial charge < -0.3 is 15.5 Å². The Morgan fingerprint density at radius 2 is 1.50 bits per heavy atom. The summed E-state index contributed by atoms with van der Waals surface area (Å²) in [5, 5.41) is 2.09. The van der Waals surface area contributed by atoms with Crippen molar-refractivity contribution in [3.63, 3.8) is 0 Å². The molecule has 2 atom stereocenters. The highest BCUT2D eigenvalue weighted by Gasteiger charge is 2.33. The van der Waals surface area contributed by atoms with Crippen molar-refractivity contribution in [3.05, 3.63) is 0 Å². The summed E-state index contributed by atoms with van der Waals surface area (Å²) in [4.78, 5) is 63.6. The van der Waals surface area contributed by atoms with Crippen molar-refractivity contribution >= 4 is 29.8 Å². The lowest BCUT2D eigenvalue weighted by atomic mass is 10.0. The van der Waals surface area contributed by atoms with Gasteiger partial charge in [0.15, 0.2) is 0 Å². The van der Waals surface area contributed by atoms with E-state index in [2.05, 4.69) is 5.32 Å². The fourth-order valence-electron chi connectivity index (χ4n) is 2.48. The van der Waals surface area contributed by atoms with Crippen LogP contribution in [0.4, 0.5) is 9.59 Å². The Balaban J connectivity index is 5.39. The third kappa shape index (κ3) is 7.16. The van der Waals surface area contributed by atoms with Crippen molar-refractivity contribution in [2.45, 2.75) is 59.0 Å². The van der Waals surface area contributed by atoms with Gasteiger partial charge in [-0.25, -0.2) is 14.5 Å². The number of nitrogens with zero attached hydrogens (tertiary/aromatic N) is 3. The number of carbonyl (C=O) groups is 5. The standard InChI is InChI=1S/C18H33N5O5/c1-8-9-14(24)21(5)12(4)16(26)22(6)13(10-11(2)3)15(25)20-18(28)23(7)17(19)27/h11-13H,8-10H2,1-7H3,(H2,19,27)(H,20,25,28)/t12-,13+/m1/s1. The van der Waals surface area contributed by atoms with Gasteiger partial charge >= 0.3 is 12.1 Å². The van der Waals surface area contributed by atoms with Gasteiger partial charge in [0.25, 0.3) is 5.91 Å². The molecule has 0 radical (unpaired) electrons. The van der Waals surface area contributed by atoms with Crippen LogP contribution >= 0.6 is 0 Å². The number of hydrogen-bond donors (Lipinski definition) is 2. The average Bonchev–Trinajstić information content (AvgIpc) is 2.62. The normalized spacial score (nSPS) is 12.7. The summed E-state index contributed by atoms with van der Waals surface area (Å²) in [6, 6.07) is -3.71. The summed E-state index contributed by atoms with van der Waals surface area (Å²) < 4.78 is 0.